The summed E-state index contributed by atoms with van der Waals surface area (Å²) in [5, 5.41) is 2.92. The van der Waals surface area contributed by atoms with Gasteiger partial charge in [-0.05, 0) is 60.6 Å². The summed E-state index contributed by atoms with van der Waals surface area (Å²) in [5.74, 6) is 0.143. The monoisotopic (exact) mass is 497 g/mol. The molecule has 0 saturated carbocycles. The number of fused-ring (bicyclic) bond motifs is 2. The molecule has 0 radical (unpaired) electrons. The lowest BCUT2D eigenvalue weighted by molar-refractivity contribution is -0.139. The van der Waals surface area contributed by atoms with Gasteiger partial charge in [-0.25, -0.2) is 4.79 Å². The fourth-order valence-corrected chi connectivity index (χ4v) is 5.22. The molecule has 1 aliphatic carbocycles. The number of carbonyl (C=O) groups excluding carboxylic acids is 3. The van der Waals surface area contributed by atoms with Crippen LogP contribution in [-0.2, 0) is 34.7 Å². The van der Waals surface area contributed by atoms with Crippen LogP contribution in [0.25, 0.3) is 0 Å². The Hall–Kier alpha value is -4.13. The number of nitrogens with zero attached hydrogens (tertiary/aromatic N) is 2. The molecule has 3 aromatic carbocycles. The minimum atomic E-state index is -1.07. The molecular formula is C30H31N3O4. The molecule has 0 bridgehead atoms. The molecule has 1 saturated heterocycles. The average molecular weight is 498 g/mol. The van der Waals surface area contributed by atoms with Crippen molar-refractivity contribution in [3.05, 3.63) is 101 Å². The maximum atomic E-state index is 13.5. The van der Waals surface area contributed by atoms with Gasteiger partial charge in [0.25, 0.3) is 5.91 Å². The van der Waals surface area contributed by atoms with Crippen molar-refractivity contribution in [2.45, 2.75) is 44.9 Å². The molecule has 3 aromatic rings. The van der Waals surface area contributed by atoms with Crippen LogP contribution in [0.5, 0.6) is 5.75 Å². The predicted molar refractivity (Wildman–Crippen MR) is 140 cm³/mol. The van der Waals surface area contributed by atoms with Crippen LogP contribution in [0.3, 0.4) is 0 Å². The Bertz CT molecular complexity index is 1290. The third-order valence-corrected chi connectivity index (χ3v) is 7.22. The van der Waals surface area contributed by atoms with Gasteiger partial charge >= 0.3 is 6.03 Å². The number of urea groups is 1. The zero-order valence-electron chi connectivity index (χ0n) is 21.0. The molecule has 190 valence electrons. The molecule has 1 N–H and O–H groups in total. The van der Waals surface area contributed by atoms with E-state index in [4.69, 9.17) is 4.74 Å². The summed E-state index contributed by atoms with van der Waals surface area (Å²) in [5.41, 5.74) is 2.88. The quantitative estimate of drug-likeness (QED) is 0.468. The van der Waals surface area contributed by atoms with Crippen LogP contribution in [-0.4, -0.2) is 40.7 Å². The molecule has 7 nitrogen and oxygen atoms in total. The van der Waals surface area contributed by atoms with Crippen molar-refractivity contribution in [3.8, 4) is 5.75 Å². The summed E-state index contributed by atoms with van der Waals surface area (Å²) >= 11 is 0. The number of nitrogens with one attached hydrogen (secondary N) is 1. The second-order valence-electron chi connectivity index (χ2n) is 9.56. The number of ether oxygens (including phenoxy) is 1. The van der Waals surface area contributed by atoms with E-state index < -0.39 is 11.6 Å². The number of amides is 4. The highest BCUT2D eigenvalue weighted by atomic mass is 16.5. The highest BCUT2D eigenvalue weighted by molar-refractivity contribution is 6.09. The number of rotatable bonds is 8. The molecule has 4 amide bonds. The Morgan fingerprint density at radius 3 is 2.46 bits per heavy atom. The predicted octanol–water partition coefficient (Wildman–Crippen LogP) is 4.40. The van der Waals surface area contributed by atoms with Crippen molar-refractivity contribution in [1.29, 1.82) is 0 Å². The van der Waals surface area contributed by atoms with Gasteiger partial charge in [0.2, 0.25) is 5.91 Å². The van der Waals surface area contributed by atoms with E-state index in [1.807, 2.05) is 85.8 Å². The number of imide groups is 1. The molecule has 2 aliphatic rings. The van der Waals surface area contributed by atoms with E-state index in [9.17, 15) is 14.4 Å². The van der Waals surface area contributed by atoms with E-state index in [0.29, 0.717) is 26.1 Å². The Balaban J connectivity index is 1.22. The van der Waals surface area contributed by atoms with Gasteiger partial charge in [0.15, 0.2) is 0 Å². The fraction of sp³-hybridized carbons (Fsp3) is 0.300. The van der Waals surface area contributed by atoms with Gasteiger partial charge in [0.05, 0.1) is 0 Å². The molecule has 1 spiro atoms. The van der Waals surface area contributed by atoms with E-state index in [-0.39, 0.29) is 18.4 Å². The molecule has 1 fully saturated rings. The largest absolute Gasteiger partial charge is 0.489 e. The normalized spacial score (nSPS) is 18.5. The maximum Gasteiger partial charge on any atom is 0.325 e. The van der Waals surface area contributed by atoms with Crippen molar-refractivity contribution in [2.75, 3.05) is 13.1 Å². The van der Waals surface area contributed by atoms with Crippen molar-refractivity contribution in [3.63, 3.8) is 0 Å². The first-order valence-corrected chi connectivity index (χ1v) is 12.8. The standard InChI is InChI=1S/C30H31N3O4/c1-2-32(19-22-14-16-25(17-15-22)37-21-23-9-4-3-5-10-23)27(34)20-33-28(35)30(31-29(33)36)18-8-12-24-11-6-7-13-26(24)30/h3-7,9-11,13-17H,2,8,12,18-21H2,1H3,(H,31,36)/t30-/m0/s1. The second-order valence-corrected chi connectivity index (χ2v) is 9.56. The number of hydrogen-bond acceptors (Lipinski definition) is 4. The van der Waals surface area contributed by atoms with Gasteiger partial charge in [-0.3, -0.25) is 14.5 Å². The van der Waals surface area contributed by atoms with E-state index in [0.717, 1.165) is 45.7 Å². The molecular weight excluding hydrogens is 466 g/mol. The van der Waals surface area contributed by atoms with Crippen molar-refractivity contribution >= 4 is 17.8 Å². The number of carbonyl (C=O) groups is 3. The van der Waals surface area contributed by atoms with Gasteiger partial charge in [-0.2, -0.15) is 0 Å². The van der Waals surface area contributed by atoms with E-state index in [1.54, 1.807) is 4.90 Å². The fourth-order valence-electron chi connectivity index (χ4n) is 5.22. The lowest BCUT2D eigenvalue weighted by Gasteiger charge is -2.33. The summed E-state index contributed by atoms with van der Waals surface area (Å²) in [7, 11) is 0. The third kappa shape index (κ3) is 4.94. The number of likely N-dealkylation sites (N-methyl/N-ethyl adjacent to an activating group) is 1. The Morgan fingerprint density at radius 2 is 1.70 bits per heavy atom. The van der Waals surface area contributed by atoms with Gasteiger partial charge in [-0.1, -0.05) is 66.7 Å². The average Bonchev–Trinajstić information content (AvgIpc) is 3.16. The highest BCUT2D eigenvalue weighted by Crippen LogP contribution is 2.39. The van der Waals surface area contributed by atoms with Crippen molar-refractivity contribution < 1.29 is 19.1 Å². The van der Waals surface area contributed by atoms with Gasteiger partial charge in [0.1, 0.15) is 24.4 Å². The summed E-state index contributed by atoms with van der Waals surface area (Å²) in [6, 6.07) is 24.8. The zero-order valence-corrected chi connectivity index (χ0v) is 21.0. The van der Waals surface area contributed by atoms with Crippen LogP contribution in [0.15, 0.2) is 78.9 Å². The van der Waals surface area contributed by atoms with Crippen LogP contribution >= 0.6 is 0 Å². The Kier molecular flexibility index (Phi) is 6.95. The minimum absolute atomic E-state index is 0.267. The van der Waals surface area contributed by atoms with Crippen molar-refractivity contribution in [1.82, 2.24) is 15.1 Å². The van der Waals surface area contributed by atoms with E-state index in [1.165, 1.54) is 0 Å². The number of hydrogen-bond donors (Lipinski definition) is 1. The summed E-state index contributed by atoms with van der Waals surface area (Å²) in [6.45, 7) is 2.94. The topological polar surface area (TPSA) is 79.0 Å². The highest BCUT2D eigenvalue weighted by Gasteiger charge is 2.54. The zero-order chi connectivity index (χ0) is 25.8. The lowest BCUT2D eigenvalue weighted by atomic mass is 9.76. The SMILES string of the molecule is CCN(Cc1ccc(OCc2ccccc2)cc1)C(=O)CN1C(=O)N[C@]2(CCCc3ccccc32)C1=O. The Morgan fingerprint density at radius 1 is 0.973 bits per heavy atom. The molecule has 0 aromatic heterocycles. The first kappa shape index (κ1) is 24.6. The van der Waals surface area contributed by atoms with Crippen molar-refractivity contribution in [2.24, 2.45) is 0 Å². The number of aryl methyl sites for hydroxylation is 1. The van der Waals surface area contributed by atoms with Gasteiger partial charge in [-0.15, -0.1) is 0 Å². The van der Waals surface area contributed by atoms with Gasteiger partial charge < -0.3 is 15.0 Å². The first-order chi connectivity index (χ1) is 18.0. The number of benzene rings is 3. The van der Waals surface area contributed by atoms with E-state index in [2.05, 4.69) is 5.32 Å². The third-order valence-electron chi connectivity index (χ3n) is 7.22. The van der Waals surface area contributed by atoms with E-state index >= 15 is 0 Å². The first-order valence-electron chi connectivity index (χ1n) is 12.8. The molecule has 1 aliphatic heterocycles. The molecule has 0 unspecified atom stereocenters. The molecule has 1 atom stereocenters. The molecule has 5 rings (SSSR count). The van der Waals surface area contributed by atoms with Gasteiger partial charge in [0, 0.05) is 13.1 Å². The lowest BCUT2D eigenvalue weighted by Crippen LogP contribution is -2.47. The maximum absolute atomic E-state index is 13.5. The van der Waals surface area contributed by atoms with Crippen LogP contribution in [0.4, 0.5) is 4.79 Å². The Labute approximate surface area is 217 Å². The second kappa shape index (κ2) is 10.5. The van der Waals surface area contributed by atoms with Crippen LogP contribution in [0, 0.1) is 0 Å². The van der Waals surface area contributed by atoms with Crippen LogP contribution in [0.1, 0.15) is 42.0 Å². The molecule has 37 heavy (non-hydrogen) atoms. The summed E-state index contributed by atoms with van der Waals surface area (Å²) < 4.78 is 5.85. The summed E-state index contributed by atoms with van der Waals surface area (Å²) in [6.07, 6.45) is 2.21. The minimum Gasteiger partial charge on any atom is -0.489 e. The summed E-state index contributed by atoms with van der Waals surface area (Å²) in [4.78, 5) is 42.3. The van der Waals surface area contributed by atoms with Crippen LogP contribution in [0.2, 0.25) is 0 Å². The van der Waals surface area contributed by atoms with Crippen LogP contribution < -0.4 is 10.1 Å². The molecule has 1 heterocycles. The smallest absolute Gasteiger partial charge is 0.325 e. The molecule has 7 heteroatoms.